The molecule has 0 bridgehead atoms. The summed E-state index contributed by atoms with van der Waals surface area (Å²) in [6.07, 6.45) is 5.12. The van der Waals surface area contributed by atoms with Crippen molar-refractivity contribution in [1.82, 2.24) is 0 Å². The number of hydrogen-bond acceptors (Lipinski definition) is 2. The van der Waals surface area contributed by atoms with Crippen LogP contribution >= 0.6 is 27.5 Å². The Hall–Kier alpha value is -0.560. The van der Waals surface area contributed by atoms with Crippen LogP contribution in [0.25, 0.3) is 0 Å². The van der Waals surface area contributed by atoms with E-state index in [1.165, 1.54) is 0 Å². The highest BCUT2D eigenvalue weighted by Gasteiger charge is 2.39. The van der Waals surface area contributed by atoms with E-state index in [0.29, 0.717) is 5.02 Å². The Morgan fingerprint density at radius 2 is 1.89 bits per heavy atom. The van der Waals surface area contributed by atoms with E-state index < -0.39 is 11.5 Å². The molecule has 0 heterocycles. The van der Waals surface area contributed by atoms with Gasteiger partial charge in [0.2, 0.25) is 0 Å². The molecule has 0 radical (unpaired) electrons. The summed E-state index contributed by atoms with van der Waals surface area (Å²) in [5.74, 6) is 0. The largest absolute Gasteiger partial charge is 0.387 e. The van der Waals surface area contributed by atoms with Crippen molar-refractivity contribution < 1.29 is 5.11 Å². The zero-order valence-corrected chi connectivity index (χ0v) is 13.0. The minimum absolute atomic E-state index is 0.614. The molecule has 1 aliphatic rings. The van der Waals surface area contributed by atoms with E-state index in [-0.39, 0.29) is 0 Å². The van der Waals surface area contributed by atoms with Crippen LogP contribution in [0, 0.1) is 16.7 Å². The highest BCUT2D eigenvalue weighted by molar-refractivity contribution is 9.10. The molecular formula is C15H17BrClNO. The van der Waals surface area contributed by atoms with E-state index in [2.05, 4.69) is 22.0 Å². The third-order valence-electron chi connectivity index (χ3n) is 4.00. The summed E-state index contributed by atoms with van der Waals surface area (Å²) >= 11 is 9.34. The first-order valence-corrected chi connectivity index (χ1v) is 7.80. The van der Waals surface area contributed by atoms with Crippen molar-refractivity contribution in [2.24, 2.45) is 5.41 Å². The van der Waals surface area contributed by atoms with Crippen LogP contribution in [-0.2, 0) is 0 Å². The smallest absolute Gasteiger partial charge is 0.0976 e. The molecule has 102 valence electrons. The maximum atomic E-state index is 10.6. The molecule has 1 saturated carbocycles. The van der Waals surface area contributed by atoms with Gasteiger partial charge in [0.25, 0.3) is 0 Å². The summed E-state index contributed by atoms with van der Waals surface area (Å²) in [5, 5.41) is 20.8. The highest BCUT2D eigenvalue weighted by Crippen LogP contribution is 2.45. The molecule has 4 heteroatoms. The summed E-state index contributed by atoms with van der Waals surface area (Å²) in [4.78, 5) is 0. The van der Waals surface area contributed by atoms with Gasteiger partial charge in [-0.25, -0.2) is 0 Å². The molecule has 0 saturated heterocycles. The normalized spacial score (nSPS) is 20.3. The van der Waals surface area contributed by atoms with Crippen LogP contribution in [0.4, 0.5) is 0 Å². The Bertz CT molecular complexity index is 489. The number of aliphatic hydroxyl groups is 1. The zero-order chi connectivity index (χ0) is 13.9. The lowest BCUT2D eigenvalue weighted by atomic mass is 9.74. The van der Waals surface area contributed by atoms with Crippen LogP contribution in [0.5, 0.6) is 0 Å². The lowest BCUT2D eigenvalue weighted by molar-refractivity contribution is 0.0516. The third-order valence-corrected chi connectivity index (χ3v) is 5.22. The van der Waals surface area contributed by atoms with Crippen molar-refractivity contribution in [3.05, 3.63) is 33.3 Å². The van der Waals surface area contributed by atoms with Gasteiger partial charge in [-0.1, -0.05) is 43.4 Å². The molecule has 1 fully saturated rings. The van der Waals surface area contributed by atoms with E-state index >= 15 is 0 Å². The summed E-state index contributed by atoms with van der Waals surface area (Å²) < 4.78 is 0.757. The Balaban J connectivity index is 2.31. The lowest BCUT2D eigenvalue weighted by Crippen LogP contribution is -2.27. The Kier molecular flexibility index (Phi) is 4.89. The Morgan fingerprint density at radius 1 is 1.26 bits per heavy atom. The van der Waals surface area contributed by atoms with E-state index in [1.807, 2.05) is 12.1 Å². The number of nitrogens with zero attached hydrogens (tertiary/aromatic N) is 1. The van der Waals surface area contributed by atoms with E-state index in [0.717, 1.165) is 48.6 Å². The fourth-order valence-electron chi connectivity index (χ4n) is 2.81. The zero-order valence-electron chi connectivity index (χ0n) is 10.7. The molecule has 1 aliphatic carbocycles. The topological polar surface area (TPSA) is 44.0 Å². The van der Waals surface area contributed by atoms with Gasteiger partial charge in [0.15, 0.2) is 0 Å². The summed E-state index contributed by atoms with van der Waals surface area (Å²) in [7, 11) is 0. The average Bonchev–Trinajstić information content (AvgIpc) is 2.67. The number of hydrogen-bond donors (Lipinski definition) is 1. The van der Waals surface area contributed by atoms with Crippen LogP contribution in [0.3, 0.4) is 0 Å². The first kappa shape index (κ1) is 14.8. The van der Waals surface area contributed by atoms with Crippen molar-refractivity contribution in [1.29, 1.82) is 5.26 Å². The molecule has 1 unspecified atom stereocenters. The SMILES string of the molecule is N#CC1(C(O)c2ccc(Cl)c(Br)c2)CCCCCC1. The van der Waals surface area contributed by atoms with Crippen LogP contribution in [0.2, 0.25) is 5.02 Å². The maximum absolute atomic E-state index is 10.6. The molecule has 1 N–H and O–H groups in total. The van der Waals surface area contributed by atoms with Gasteiger partial charge in [-0.05, 0) is 46.5 Å². The molecule has 19 heavy (non-hydrogen) atoms. The molecule has 0 aliphatic heterocycles. The monoisotopic (exact) mass is 341 g/mol. The van der Waals surface area contributed by atoms with Crippen molar-refractivity contribution in [3.8, 4) is 6.07 Å². The number of halogens is 2. The van der Waals surface area contributed by atoms with Gasteiger partial charge in [0, 0.05) is 4.47 Å². The lowest BCUT2D eigenvalue weighted by Gasteiger charge is -2.31. The molecule has 1 atom stereocenters. The van der Waals surface area contributed by atoms with Crippen molar-refractivity contribution in [3.63, 3.8) is 0 Å². The van der Waals surface area contributed by atoms with Crippen LogP contribution in [0.1, 0.15) is 50.2 Å². The predicted molar refractivity (Wildman–Crippen MR) is 79.9 cm³/mol. The molecule has 0 spiro atoms. The number of nitriles is 1. The molecule has 1 aromatic rings. The highest BCUT2D eigenvalue weighted by atomic mass is 79.9. The summed E-state index contributed by atoms with van der Waals surface area (Å²) in [6.45, 7) is 0. The van der Waals surface area contributed by atoms with Crippen LogP contribution in [-0.4, -0.2) is 5.11 Å². The summed E-state index contributed by atoms with van der Waals surface area (Å²) in [6, 6.07) is 7.77. The van der Waals surface area contributed by atoms with Crippen LogP contribution in [0.15, 0.2) is 22.7 Å². The minimum Gasteiger partial charge on any atom is -0.387 e. The summed E-state index contributed by atoms with van der Waals surface area (Å²) in [5.41, 5.74) is 0.115. The number of aliphatic hydroxyl groups excluding tert-OH is 1. The number of benzene rings is 1. The predicted octanol–water partition coefficient (Wildman–Crippen LogP) is 5.00. The van der Waals surface area contributed by atoms with Gasteiger partial charge in [0.05, 0.1) is 22.6 Å². The average molecular weight is 343 g/mol. The minimum atomic E-state index is -0.746. The van der Waals surface area contributed by atoms with E-state index in [4.69, 9.17) is 11.6 Å². The van der Waals surface area contributed by atoms with Crippen molar-refractivity contribution >= 4 is 27.5 Å². The molecular weight excluding hydrogens is 326 g/mol. The van der Waals surface area contributed by atoms with Gasteiger partial charge < -0.3 is 5.11 Å². The van der Waals surface area contributed by atoms with E-state index in [9.17, 15) is 10.4 Å². The number of rotatable bonds is 2. The van der Waals surface area contributed by atoms with Crippen molar-refractivity contribution in [2.45, 2.75) is 44.6 Å². The molecule has 2 nitrogen and oxygen atoms in total. The molecule has 2 rings (SSSR count). The molecule has 1 aromatic carbocycles. The second kappa shape index (κ2) is 6.26. The van der Waals surface area contributed by atoms with E-state index in [1.54, 1.807) is 6.07 Å². The van der Waals surface area contributed by atoms with Gasteiger partial charge in [-0.15, -0.1) is 0 Å². The first-order chi connectivity index (χ1) is 9.09. The fourth-order valence-corrected chi connectivity index (χ4v) is 3.32. The van der Waals surface area contributed by atoms with Gasteiger partial charge in [0.1, 0.15) is 0 Å². The van der Waals surface area contributed by atoms with Gasteiger partial charge in [-0.2, -0.15) is 5.26 Å². The maximum Gasteiger partial charge on any atom is 0.0976 e. The van der Waals surface area contributed by atoms with Crippen molar-refractivity contribution in [2.75, 3.05) is 0 Å². The second-order valence-corrected chi connectivity index (χ2v) is 6.52. The quantitative estimate of drug-likeness (QED) is 0.769. The van der Waals surface area contributed by atoms with Crippen LogP contribution < -0.4 is 0 Å². The molecule has 0 amide bonds. The fraction of sp³-hybridized carbons (Fsp3) is 0.533. The first-order valence-electron chi connectivity index (χ1n) is 6.63. The Morgan fingerprint density at radius 3 is 2.42 bits per heavy atom. The van der Waals surface area contributed by atoms with Gasteiger partial charge >= 0.3 is 0 Å². The Labute approximate surface area is 127 Å². The third kappa shape index (κ3) is 3.13. The second-order valence-electron chi connectivity index (χ2n) is 5.26. The van der Waals surface area contributed by atoms with Gasteiger partial charge in [-0.3, -0.25) is 0 Å². The molecule has 0 aromatic heterocycles. The standard InChI is InChI=1S/C15H17BrClNO/c16-12-9-11(5-6-13(12)17)14(19)15(10-18)7-3-1-2-4-8-15/h5-6,9,14,19H,1-4,7-8H2.